The topological polar surface area (TPSA) is 16.8 Å². The molecule has 0 N–H and O–H groups in total. The van der Waals surface area contributed by atoms with Crippen molar-refractivity contribution in [3.05, 3.63) is 59.2 Å². The van der Waals surface area contributed by atoms with E-state index in [-0.39, 0.29) is 5.82 Å². The van der Waals surface area contributed by atoms with Gasteiger partial charge in [0.25, 0.3) is 6.33 Å². The molecule has 0 amide bonds. The Hall–Kier alpha value is -2.29. The van der Waals surface area contributed by atoms with E-state index in [1.54, 1.807) is 6.33 Å². The Bertz CT molecular complexity index is 853. The van der Waals surface area contributed by atoms with Crippen LogP contribution in [0.5, 0.6) is 0 Å². The number of halogens is 1. The predicted molar refractivity (Wildman–Crippen MR) is 82.5 cm³/mol. The minimum atomic E-state index is -0.257. The fourth-order valence-corrected chi connectivity index (χ4v) is 2.83. The number of hydrogen-bond donors (Lipinski definition) is 0. The Labute approximate surface area is 123 Å². The number of hydrogen-bond acceptors (Lipinski definition) is 1. The summed E-state index contributed by atoms with van der Waals surface area (Å²) in [6.07, 6.45) is 1.74. The van der Waals surface area contributed by atoms with Crippen molar-refractivity contribution in [2.24, 2.45) is 7.05 Å². The minimum absolute atomic E-state index is 0.257. The Morgan fingerprint density at radius 3 is 2.57 bits per heavy atom. The first-order valence-electron chi connectivity index (χ1n) is 6.99. The van der Waals surface area contributed by atoms with Crippen LogP contribution in [0.1, 0.15) is 16.7 Å². The molecular weight excluding hydrogens is 263 g/mol. The third-order valence-electron chi connectivity index (χ3n) is 4.00. The molecule has 0 saturated heterocycles. The van der Waals surface area contributed by atoms with Crippen molar-refractivity contribution in [1.29, 1.82) is 0 Å². The second-order valence-corrected chi connectivity index (χ2v) is 5.62. The Morgan fingerprint density at radius 2 is 1.81 bits per heavy atom. The molecule has 0 atom stereocenters. The van der Waals surface area contributed by atoms with E-state index in [0.717, 1.165) is 11.1 Å². The van der Waals surface area contributed by atoms with Crippen molar-refractivity contribution in [3.8, 4) is 11.3 Å². The molecule has 0 aliphatic heterocycles. The van der Waals surface area contributed by atoms with Crippen molar-refractivity contribution in [2.45, 2.75) is 20.8 Å². The molecule has 3 heteroatoms. The first kappa shape index (κ1) is 13.7. The highest BCUT2D eigenvalue weighted by Crippen LogP contribution is 2.29. The highest BCUT2D eigenvalue weighted by atomic mass is 19.1. The largest absolute Gasteiger partial charge is 0.287 e. The molecule has 2 nitrogen and oxygen atoms in total. The number of nitrogens with zero attached hydrogens (tertiary/aromatic N) is 2. The number of aromatic nitrogens is 2. The molecule has 0 saturated carbocycles. The van der Waals surface area contributed by atoms with E-state index < -0.39 is 0 Å². The zero-order chi connectivity index (χ0) is 15.1. The van der Waals surface area contributed by atoms with Gasteiger partial charge in [-0.05, 0) is 55.1 Å². The van der Waals surface area contributed by atoms with Crippen molar-refractivity contribution < 1.29 is 8.96 Å². The molecule has 2 aromatic carbocycles. The van der Waals surface area contributed by atoms with Gasteiger partial charge in [-0.25, -0.2) is 8.96 Å². The van der Waals surface area contributed by atoms with Gasteiger partial charge in [-0.1, -0.05) is 11.6 Å². The van der Waals surface area contributed by atoms with Crippen LogP contribution in [0.3, 0.4) is 0 Å². The van der Waals surface area contributed by atoms with Gasteiger partial charge < -0.3 is 0 Å². The molecule has 0 spiro atoms. The van der Waals surface area contributed by atoms with Gasteiger partial charge in [0.15, 0.2) is 5.52 Å². The van der Waals surface area contributed by atoms with Gasteiger partial charge >= 0.3 is 0 Å². The third-order valence-corrected chi connectivity index (χ3v) is 4.00. The van der Waals surface area contributed by atoms with Crippen LogP contribution in [0.25, 0.3) is 22.2 Å². The summed E-state index contributed by atoms with van der Waals surface area (Å²) >= 11 is 0. The molecule has 21 heavy (non-hydrogen) atoms. The maximum atomic E-state index is 13.4. The number of rotatable bonds is 1. The lowest BCUT2D eigenvalue weighted by atomic mass is 9.95. The first-order valence-corrected chi connectivity index (χ1v) is 6.99. The van der Waals surface area contributed by atoms with E-state index in [0.29, 0.717) is 5.52 Å². The number of aryl methyl sites for hydroxylation is 3. The lowest BCUT2D eigenvalue weighted by Gasteiger charge is -2.12. The lowest BCUT2D eigenvalue weighted by Crippen LogP contribution is -2.32. The van der Waals surface area contributed by atoms with Gasteiger partial charge in [-0.3, -0.25) is 0 Å². The zero-order valence-corrected chi connectivity index (χ0v) is 12.7. The van der Waals surface area contributed by atoms with Crippen LogP contribution in [0.4, 0.5) is 4.39 Å². The van der Waals surface area contributed by atoms with Gasteiger partial charge in [-0.15, -0.1) is 0 Å². The van der Waals surface area contributed by atoms with Crippen molar-refractivity contribution in [2.75, 3.05) is 0 Å². The van der Waals surface area contributed by atoms with E-state index in [2.05, 4.69) is 37.9 Å². The van der Waals surface area contributed by atoms with Crippen molar-refractivity contribution >= 4 is 10.9 Å². The SMILES string of the molecule is Cc1cc(C)c(C)c(-c2c3ccc(F)cc3nc[n+]2C)c1. The van der Waals surface area contributed by atoms with Crippen LogP contribution in [-0.2, 0) is 7.05 Å². The molecule has 1 aromatic heterocycles. The molecule has 1 heterocycles. The highest BCUT2D eigenvalue weighted by Gasteiger charge is 2.18. The fourth-order valence-electron chi connectivity index (χ4n) is 2.83. The highest BCUT2D eigenvalue weighted by molar-refractivity contribution is 5.91. The molecule has 106 valence electrons. The summed E-state index contributed by atoms with van der Waals surface area (Å²) in [6.45, 7) is 6.34. The molecule has 0 bridgehead atoms. The van der Waals surface area contributed by atoms with Crippen molar-refractivity contribution in [1.82, 2.24) is 4.98 Å². The molecule has 3 rings (SSSR count). The van der Waals surface area contributed by atoms with Crippen LogP contribution >= 0.6 is 0 Å². The average molecular weight is 281 g/mol. The normalized spacial score (nSPS) is 11.1. The fraction of sp³-hybridized carbons (Fsp3) is 0.222. The van der Waals surface area contributed by atoms with Crippen LogP contribution in [0.15, 0.2) is 36.7 Å². The van der Waals surface area contributed by atoms with E-state index >= 15 is 0 Å². The van der Waals surface area contributed by atoms with Crippen LogP contribution in [-0.4, -0.2) is 4.98 Å². The summed E-state index contributed by atoms with van der Waals surface area (Å²) in [4.78, 5) is 4.33. The Morgan fingerprint density at radius 1 is 1.05 bits per heavy atom. The van der Waals surface area contributed by atoms with Crippen LogP contribution < -0.4 is 4.57 Å². The summed E-state index contributed by atoms with van der Waals surface area (Å²) in [5, 5.41) is 0.967. The van der Waals surface area contributed by atoms with Gasteiger partial charge in [-0.2, -0.15) is 0 Å². The van der Waals surface area contributed by atoms with Gasteiger partial charge in [0.2, 0.25) is 0 Å². The van der Waals surface area contributed by atoms with E-state index in [1.807, 2.05) is 17.7 Å². The number of benzene rings is 2. The molecule has 0 aliphatic rings. The third kappa shape index (κ3) is 2.29. The molecular formula is C18H18FN2+. The smallest absolute Gasteiger partial charge is 0.232 e. The molecule has 0 aliphatic carbocycles. The van der Waals surface area contributed by atoms with Gasteiger partial charge in [0, 0.05) is 11.6 Å². The standard InChI is InChI=1S/C18H18FN2/c1-11-7-12(2)13(3)16(8-11)18-15-6-5-14(19)9-17(15)20-10-21(18)4/h5-10H,1-4H3/q+1. The molecule has 0 radical (unpaired) electrons. The van der Waals surface area contributed by atoms with Crippen LogP contribution in [0, 0.1) is 26.6 Å². The Balaban J connectivity index is 2.42. The lowest BCUT2D eigenvalue weighted by molar-refractivity contribution is -0.662. The first-order chi connectivity index (χ1) is 9.97. The summed E-state index contributed by atoms with van der Waals surface area (Å²) in [5.74, 6) is -0.257. The second kappa shape index (κ2) is 4.92. The maximum absolute atomic E-state index is 13.4. The average Bonchev–Trinajstić information content (AvgIpc) is 2.43. The van der Waals surface area contributed by atoms with Gasteiger partial charge in [0.1, 0.15) is 11.5 Å². The second-order valence-electron chi connectivity index (χ2n) is 5.62. The number of fused-ring (bicyclic) bond motifs is 1. The molecule has 0 fully saturated rings. The van der Waals surface area contributed by atoms with E-state index in [9.17, 15) is 4.39 Å². The Kier molecular flexibility index (Phi) is 3.20. The van der Waals surface area contributed by atoms with Crippen LogP contribution in [0.2, 0.25) is 0 Å². The predicted octanol–water partition coefficient (Wildman–Crippen LogP) is 3.79. The summed E-state index contributed by atoms with van der Waals surface area (Å²) in [5.41, 5.74) is 6.66. The van der Waals surface area contributed by atoms with E-state index in [1.165, 1.54) is 34.4 Å². The molecule has 3 aromatic rings. The summed E-state index contributed by atoms with van der Waals surface area (Å²) in [6, 6.07) is 9.15. The summed E-state index contributed by atoms with van der Waals surface area (Å²) in [7, 11) is 1.97. The maximum Gasteiger partial charge on any atom is 0.287 e. The monoisotopic (exact) mass is 281 g/mol. The minimum Gasteiger partial charge on any atom is -0.232 e. The quantitative estimate of drug-likeness (QED) is 0.620. The summed E-state index contributed by atoms with van der Waals surface area (Å²) < 4.78 is 15.4. The molecule has 0 unspecified atom stereocenters. The van der Waals surface area contributed by atoms with Crippen molar-refractivity contribution in [3.63, 3.8) is 0 Å². The van der Waals surface area contributed by atoms with E-state index in [4.69, 9.17) is 0 Å². The van der Waals surface area contributed by atoms with Gasteiger partial charge in [0.05, 0.1) is 12.4 Å². The zero-order valence-electron chi connectivity index (χ0n) is 12.7.